The van der Waals surface area contributed by atoms with Crippen LogP contribution in [0.2, 0.25) is 5.02 Å². The Hall–Kier alpha value is -1.17. The van der Waals surface area contributed by atoms with Gasteiger partial charge in [0, 0.05) is 26.6 Å². The second-order valence-corrected chi connectivity index (χ2v) is 4.91. The molecule has 0 bridgehead atoms. The van der Waals surface area contributed by atoms with Gasteiger partial charge in [0.25, 0.3) is 5.91 Å². The molecule has 0 saturated heterocycles. The van der Waals surface area contributed by atoms with E-state index < -0.39 is 0 Å². The number of ether oxygens (including phenoxy) is 1. The van der Waals surface area contributed by atoms with Crippen molar-refractivity contribution in [2.24, 2.45) is 5.73 Å². The fourth-order valence-electron chi connectivity index (χ4n) is 1.57. The van der Waals surface area contributed by atoms with Crippen molar-refractivity contribution in [2.45, 2.75) is 6.42 Å². The van der Waals surface area contributed by atoms with Crippen LogP contribution in [-0.2, 0) is 4.74 Å². The highest BCUT2D eigenvalue weighted by Gasteiger charge is 2.17. The van der Waals surface area contributed by atoms with Gasteiger partial charge in [0.1, 0.15) is 0 Å². The molecule has 6 heteroatoms. The van der Waals surface area contributed by atoms with E-state index in [2.05, 4.69) is 0 Å². The molecular weight excluding hydrogens is 284 g/mol. The Morgan fingerprint density at radius 3 is 2.68 bits per heavy atom. The van der Waals surface area contributed by atoms with Crippen molar-refractivity contribution in [3.63, 3.8) is 0 Å². The summed E-state index contributed by atoms with van der Waals surface area (Å²) < 4.78 is 5.00. The molecule has 0 aromatic heterocycles. The number of carbonyl (C=O) groups excluding carboxylic acids is 1. The molecular formula is C13H17ClN2O2S. The highest BCUT2D eigenvalue weighted by Crippen LogP contribution is 2.17. The van der Waals surface area contributed by atoms with E-state index in [-0.39, 0.29) is 5.91 Å². The van der Waals surface area contributed by atoms with Gasteiger partial charge in [0.05, 0.1) is 22.2 Å². The monoisotopic (exact) mass is 300 g/mol. The fraction of sp³-hybridized carbons (Fsp3) is 0.385. The van der Waals surface area contributed by atoms with Crippen LogP contribution in [0, 0.1) is 0 Å². The van der Waals surface area contributed by atoms with Crippen molar-refractivity contribution in [1.82, 2.24) is 4.90 Å². The number of hydrogen-bond donors (Lipinski definition) is 1. The van der Waals surface area contributed by atoms with Gasteiger partial charge in [-0.3, -0.25) is 4.79 Å². The molecule has 0 atom stereocenters. The molecule has 4 nitrogen and oxygen atoms in total. The third-order valence-corrected chi connectivity index (χ3v) is 3.12. The minimum absolute atomic E-state index is 0.140. The Balaban J connectivity index is 2.81. The summed E-state index contributed by atoms with van der Waals surface area (Å²) in [6.45, 7) is 1.39. The van der Waals surface area contributed by atoms with Gasteiger partial charge in [-0.15, -0.1) is 0 Å². The summed E-state index contributed by atoms with van der Waals surface area (Å²) in [7, 11) is 1.59. The zero-order valence-corrected chi connectivity index (χ0v) is 12.3. The molecule has 1 aromatic rings. The largest absolute Gasteiger partial charge is 0.393 e. The van der Waals surface area contributed by atoms with Crippen molar-refractivity contribution in [1.29, 1.82) is 0 Å². The summed E-state index contributed by atoms with van der Waals surface area (Å²) in [5, 5.41) is 0.435. The van der Waals surface area contributed by atoms with E-state index in [4.69, 9.17) is 34.3 Å². The molecule has 0 aliphatic rings. The molecule has 1 amide bonds. The Kier molecular flexibility index (Phi) is 6.77. The topological polar surface area (TPSA) is 55.6 Å². The predicted molar refractivity (Wildman–Crippen MR) is 80.6 cm³/mol. The van der Waals surface area contributed by atoms with Gasteiger partial charge in [-0.2, -0.15) is 0 Å². The number of benzene rings is 1. The van der Waals surface area contributed by atoms with E-state index in [0.717, 1.165) is 0 Å². The van der Waals surface area contributed by atoms with E-state index in [1.807, 2.05) is 0 Å². The maximum atomic E-state index is 12.4. The van der Waals surface area contributed by atoms with Crippen LogP contribution in [0.1, 0.15) is 16.8 Å². The van der Waals surface area contributed by atoms with Gasteiger partial charge >= 0.3 is 0 Å². The Bertz CT molecular complexity index is 454. The van der Waals surface area contributed by atoms with E-state index in [1.54, 1.807) is 36.3 Å². The number of rotatable bonds is 7. The second-order valence-electron chi connectivity index (χ2n) is 3.98. The molecule has 0 spiro atoms. The number of halogens is 1. The first-order valence-electron chi connectivity index (χ1n) is 5.87. The SMILES string of the molecule is COCCN(CCC(N)=S)C(=O)c1ccccc1Cl. The Labute approximate surface area is 123 Å². The van der Waals surface area contributed by atoms with Crippen LogP contribution in [0.4, 0.5) is 0 Å². The number of thiocarbonyl (C=S) groups is 1. The molecule has 0 aliphatic carbocycles. The summed E-state index contributed by atoms with van der Waals surface area (Å²) in [6.07, 6.45) is 0.481. The third kappa shape index (κ3) is 5.14. The van der Waals surface area contributed by atoms with Crippen molar-refractivity contribution < 1.29 is 9.53 Å². The van der Waals surface area contributed by atoms with Gasteiger partial charge < -0.3 is 15.4 Å². The van der Waals surface area contributed by atoms with Gasteiger partial charge in [0.2, 0.25) is 0 Å². The van der Waals surface area contributed by atoms with Crippen molar-refractivity contribution >= 4 is 34.7 Å². The first kappa shape index (κ1) is 15.9. The lowest BCUT2D eigenvalue weighted by Crippen LogP contribution is -2.36. The minimum atomic E-state index is -0.140. The van der Waals surface area contributed by atoms with Gasteiger partial charge in [-0.1, -0.05) is 36.0 Å². The molecule has 0 saturated carbocycles. The molecule has 0 heterocycles. The molecule has 19 heavy (non-hydrogen) atoms. The standard InChI is InChI=1S/C13H17ClN2O2S/c1-18-9-8-16(7-6-12(15)19)13(17)10-4-2-3-5-11(10)14/h2-5H,6-9H2,1H3,(H2,15,19). The van der Waals surface area contributed by atoms with Gasteiger partial charge in [0.15, 0.2) is 0 Å². The van der Waals surface area contributed by atoms with E-state index in [1.165, 1.54) is 0 Å². The molecule has 1 aromatic carbocycles. The molecule has 0 unspecified atom stereocenters. The normalized spacial score (nSPS) is 10.2. The van der Waals surface area contributed by atoms with Crippen LogP contribution in [0.5, 0.6) is 0 Å². The molecule has 0 aliphatic heterocycles. The van der Waals surface area contributed by atoms with Crippen LogP contribution < -0.4 is 5.73 Å². The number of amides is 1. The zero-order chi connectivity index (χ0) is 14.3. The summed E-state index contributed by atoms with van der Waals surface area (Å²) in [4.78, 5) is 14.4. The fourth-order valence-corrected chi connectivity index (χ4v) is 1.87. The van der Waals surface area contributed by atoms with Crippen molar-refractivity contribution in [3.05, 3.63) is 34.9 Å². The summed E-state index contributed by atoms with van der Waals surface area (Å²) in [5.74, 6) is -0.140. The second kappa shape index (κ2) is 8.09. The van der Waals surface area contributed by atoms with Crippen LogP contribution >= 0.6 is 23.8 Å². The highest BCUT2D eigenvalue weighted by atomic mass is 35.5. The third-order valence-electron chi connectivity index (χ3n) is 2.58. The molecule has 0 fully saturated rings. The van der Waals surface area contributed by atoms with E-state index in [0.29, 0.717) is 41.7 Å². The quantitative estimate of drug-likeness (QED) is 0.784. The maximum Gasteiger partial charge on any atom is 0.255 e. The first-order chi connectivity index (χ1) is 9.06. The Morgan fingerprint density at radius 1 is 1.42 bits per heavy atom. The van der Waals surface area contributed by atoms with Gasteiger partial charge in [-0.05, 0) is 12.1 Å². The summed E-state index contributed by atoms with van der Waals surface area (Å²) in [6, 6.07) is 6.96. The highest BCUT2D eigenvalue weighted by molar-refractivity contribution is 7.80. The lowest BCUT2D eigenvalue weighted by molar-refractivity contribution is 0.0701. The lowest BCUT2D eigenvalue weighted by Gasteiger charge is -2.22. The number of nitrogens with zero attached hydrogens (tertiary/aromatic N) is 1. The predicted octanol–water partition coefficient (Wildman–Crippen LogP) is 2.10. The number of carbonyl (C=O) groups is 1. The average Bonchev–Trinajstić information content (AvgIpc) is 2.38. The maximum absolute atomic E-state index is 12.4. The number of methoxy groups -OCH3 is 1. The Morgan fingerprint density at radius 2 is 2.11 bits per heavy atom. The summed E-state index contributed by atoms with van der Waals surface area (Å²) >= 11 is 10.9. The van der Waals surface area contributed by atoms with Crippen LogP contribution in [-0.4, -0.2) is 42.6 Å². The van der Waals surface area contributed by atoms with Crippen LogP contribution in [0.3, 0.4) is 0 Å². The minimum Gasteiger partial charge on any atom is -0.393 e. The zero-order valence-electron chi connectivity index (χ0n) is 10.8. The molecule has 0 radical (unpaired) electrons. The molecule has 2 N–H and O–H groups in total. The lowest BCUT2D eigenvalue weighted by atomic mass is 10.2. The van der Waals surface area contributed by atoms with Crippen molar-refractivity contribution in [2.75, 3.05) is 26.8 Å². The summed E-state index contributed by atoms with van der Waals surface area (Å²) in [5.41, 5.74) is 5.95. The smallest absolute Gasteiger partial charge is 0.255 e. The van der Waals surface area contributed by atoms with Crippen LogP contribution in [0.25, 0.3) is 0 Å². The molecule has 1 rings (SSSR count). The first-order valence-corrected chi connectivity index (χ1v) is 6.66. The van der Waals surface area contributed by atoms with E-state index in [9.17, 15) is 4.79 Å². The number of hydrogen-bond acceptors (Lipinski definition) is 3. The van der Waals surface area contributed by atoms with Crippen LogP contribution in [0.15, 0.2) is 24.3 Å². The van der Waals surface area contributed by atoms with Gasteiger partial charge in [-0.25, -0.2) is 0 Å². The number of nitrogens with two attached hydrogens (primary N) is 1. The van der Waals surface area contributed by atoms with Crippen molar-refractivity contribution in [3.8, 4) is 0 Å². The average molecular weight is 301 g/mol. The van der Waals surface area contributed by atoms with E-state index >= 15 is 0 Å². The molecule has 104 valence electrons.